The maximum atomic E-state index is 12.6. The van der Waals surface area contributed by atoms with Crippen molar-refractivity contribution >= 4 is 29.1 Å². The second-order valence-electron chi connectivity index (χ2n) is 6.89. The number of nitrogens with one attached hydrogen (secondary N) is 3. The minimum atomic E-state index is -0.378. The number of hydrogen-bond acceptors (Lipinski definition) is 2. The van der Waals surface area contributed by atoms with Crippen molar-refractivity contribution in [2.45, 2.75) is 50.2 Å². The Bertz CT molecular complexity index is 664. The summed E-state index contributed by atoms with van der Waals surface area (Å²) in [5.74, 6) is -0.195. The fraction of sp³-hybridized carbons (Fsp3) is 0.474. The van der Waals surface area contributed by atoms with Gasteiger partial charge in [-0.15, -0.1) is 0 Å². The molecule has 2 fully saturated rings. The molecule has 0 spiro atoms. The smallest absolute Gasteiger partial charge is 0.279 e. The summed E-state index contributed by atoms with van der Waals surface area (Å²) in [4.78, 5) is 26.3. The molecule has 4 atom stereocenters. The molecule has 0 radical (unpaired) electrons. The highest BCUT2D eigenvalue weighted by Crippen LogP contribution is 2.20. The summed E-state index contributed by atoms with van der Waals surface area (Å²) in [5.41, 5.74) is 0.648. The van der Waals surface area contributed by atoms with Crippen molar-refractivity contribution in [3.05, 3.63) is 41.9 Å². The number of amides is 2. The summed E-state index contributed by atoms with van der Waals surface area (Å²) >= 11 is 5.95. The molecule has 3 rings (SSSR count). The fourth-order valence-corrected chi connectivity index (χ4v) is 4.30. The van der Waals surface area contributed by atoms with E-state index >= 15 is 0 Å². The molecule has 0 bridgehead atoms. The third kappa shape index (κ3) is 4.22. The summed E-state index contributed by atoms with van der Waals surface area (Å²) in [5, 5.41) is 6.55. The van der Waals surface area contributed by atoms with Gasteiger partial charge in [-0.3, -0.25) is 9.59 Å². The first-order chi connectivity index (χ1) is 12.1. The van der Waals surface area contributed by atoms with E-state index in [4.69, 9.17) is 11.6 Å². The molecule has 134 valence electrons. The van der Waals surface area contributed by atoms with Crippen molar-refractivity contribution in [2.24, 2.45) is 0 Å². The van der Waals surface area contributed by atoms with Gasteiger partial charge in [0, 0.05) is 17.1 Å². The Labute approximate surface area is 153 Å². The molecule has 1 aromatic rings. The Kier molecular flexibility index (Phi) is 5.76. The van der Waals surface area contributed by atoms with Crippen LogP contribution < -0.4 is 15.5 Å². The van der Waals surface area contributed by atoms with Gasteiger partial charge in [0.25, 0.3) is 5.91 Å². The molecule has 0 aromatic heterocycles. The predicted molar refractivity (Wildman–Crippen MR) is 98.7 cm³/mol. The second kappa shape index (κ2) is 8.02. The molecule has 1 saturated carbocycles. The minimum absolute atomic E-state index is 0.0266. The van der Waals surface area contributed by atoms with Gasteiger partial charge in [0.1, 0.15) is 6.04 Å². The van der Waals surface area contributed by atoms with Crippen LogP contribution in [-0.4, -0.2) is 36.5 Å². The molecule has 6 heteroatoms. The number of anilines is 1. The van der Waals surface area contributed by atoms with Gasteiger partial charge in [0.05, 0.1) is 19.0 Å². The van der Waals surface area contributed by atoms with Crippen LogP contribution in [0.1, 0.15) is 32.1 Å². The summed E-state index contributed by atoms with van der Waals surface area (Å²) in [7, 11) is 0. The Hall–Kier alpha value is -1.85. The maximum absolute atomic E-state index is 12.6. The Balaban J connectivity index is 1.70. The van der Waals surface area contributed by atoms with Gasteiger partial charge >= 0.3 is 0 Å². The molecule has 3 N–H and O–H groups in total. The first kappa shape index (κ1) is 18.0. The monoisotopic (exact) mass is 362 g/mol. The lowest BCUT2D eigenvalue weighted by Crippen LogP contribution is -3.23. The Morgan fingerprint density at radius 3 is 2.96 bits per heavy atom. The average molecular weight is 363 g/mol. The lowest BCUT2D eigenvalue weighted by molar-refractivity contribution is -0.940. The Morgan fingerprint density at radius 1 is 1.40 bits per heavy atom. The number of carbonyl (C=O) groups is 2. The normalized spacial score (nSPS) is 28.6. The van der Waals surface area contributed by atoms with E-state index in [0.29, 0.717) is 23.3 Å². The third-order valence-corrected chi connectivity index (χ3v) is 5.45. The van der Waals surface area contributed by atoms with Crippen molar-refractivity contribution in [2.75, 3.05) is 11.9 Å². The van der Waals surface area contributed by atoms with Gasteiger partial charge in [-0.05, 0) is 37.1 Å². The van der Waals surface area contributed by atoms with E-state index in [1.54, 1.807) is 24.3 Å². The van der Waals surface area contributed by atoms with Crippen LogP contribution in [0, 0.1) is 0 Å². The van der Waals surface area contributed by atoms with Crippen molar-refractivity contribution in [3.63, 3.8) is 0 Å². The average Bonchev–Trinajstić information content (AvgIpc) is 2.58. The van der Waals surface area contributed by atoms with Gasteiger partial charge in [-0.2, -0.15) is 0 Å². The molecule has 1 saturated heterocycles. The molecular formula is C19H25ClN3O2+. The number of rotatable bonds is 5. The summed E-state index contributed by atoms with van der Waals surface area (Å²) in [6.07, 6.45) is 6.45. The molecule has 5 nitrogen and oxygen atoms in total. The van der Waals surface area contributed by atoms with Crippen LogP contribution in [0.4, 0.5) is 5.69 Å². The zero-order chi connectivity index (χ0) is 17.8. The van der Waals surface area contributed by atoms with Crippen molar-refractivity contribution in [3.8, 4) is 0 Å². The van der Waals surface area contributed by atoms with Crippen LogP contribution in [-0.2, 0) is 9.59 Å². The summed E-state index contributed by atoms with van der Waals surface area (Å²) in [6.45, 7) is 4.54. The highest BCUT2D eigenvalue weighted by molar-refractivity contribution is 6.30. The van der Waals surface area contributed by atoms with Crippen molar-refractivity contribution < 1.29 is 14.5 Å². The lowest BCUT2D eigenvalue weighted by Gasteiger charge is -2.44. The highest BCUT2D eigenvalue weighted by Gasteiger charge is 2.46. The maximum Gasteiger partial charge on any atom is 0.279 e. The molecule has 1 heterocycles. The highest BCUT2D eigenvalue weighted by atomic mass is 35.5. The zero-order valence-corrected chi connectivity index (χ0v) is 15.0. The van der Waals surface area contributed by atoms with E-state index < -0.39 is 0 Å². The van der Waals surface area contributed by atoms with E-state index in [2.05, 4.69) is 17.2 Å². The molecule has 2 aliphatic rings. The summed E-state index contributed by atoms with van der Waals surface area (Å²) < 4.78 is 0. The largest absolute Gasteiger partial charge is 0.342 e. The molecule has 1 unspecified atom stereocenters. The molecular weight excluding hydrogens is 338 g/mol. The Morgan fingerprint density at radius 2 is 2.20 bits per heavy atom. The van der Waals surface area contributed by atoms with Crippen LogP contribution >= 0.6 is 11.6 Å². The van der Waals surface area contributed by atoms with Crippen LogP contribution in [0.25, 0.3) is 0 Å². The second-order valence-corrected chi connectivity index (χ2v) is 7.33. The predicted octanol–water partition coefficient (Wildman–Crippen LogP) is 1.55. The number of piperazine rings is 1. The molecule has 25 heavy (non-hydrogen) atoms. The SMILES string of the molecule is C=CC[NH+]1[C@@H](CC(=O)Nc2cccc(Cl)c2)C(=O)N[C@H]2CCCC[C@@H]21. The van der Waals surface area contributed by atoms with Gasteiger partial charge in [0.2, 0.25) is 5.91 Å². The first-order valence-electron chi connectivity index (χ1n) is 8.90. The first-order valence-corrected chi connectivity index (χ1v) is 9.28. The van der Waals surface area contributed by atoms with Crippen LogP contribution in [0.5, 0.6) is 0 Å². The molecule has 1 aliphatic carbocycles. The fourth-order valence-electron chi connectivity index (χ4n) is 4.11. The van der Waals surface area contributed by atoms with E-state index in [1.165, 1.54) is 11.3 Å². The van der Waals surface area contributed by atoms with Crippen LogP contribution in [0.3, 0.4) is 0 Å². The van der Waals surface area contributed by atoms with E-state index in [1.807, 2.05) is 6.08 Å². The van der Waals surface area contributed by atoms with Gasteiger partial charge in [-0.1, -0.05) is 30.7 Å². The number of fused-ring (bicyclic) bond motifs is 1. The van der Waals surface area contributed by atoms with Gasteiger partial charge in [0.15, 0.2) is 6.04 Å². The third-order valence-electron chi connectivity index (χ3n) is 5.21. The molecule has 2 amide bonds. The van der Waals surface area contributed by atoms with Gasteiger partial charge < -0.3 is 15.5 Å². The quantitative estimate of drug-likeness (QED) is 0.696. The van der Waals surface area contributed by atoms with E-state index in [0.717, 1.165) is 19.3 Å². The molecule has 1 aromatic carbocycles. The van der Waals surface area contributed by atoms with E-state index in [9.17, 15) is 9.59 Å². The number of benzene rings is 1. The standard InChI is InChI=1S/C19H24ClN3O2/c1-2-10-23-16-9-4-3-8-15(16)22-19(25)17(23)12-18(24)21-14-7-5-6-13(20)11-14/h2,5-7,11,15-17H,1,3-4,8-10,12H2,(H,21,24)(H,22,25)/p+1/t15-,16-,17-/m0/s1. The van der Waals surface area contributed by atoms with Crippen molar-refractivity contribution in [1.29, 1.82) is 0 Å². The number of quaternary nitrogens is 1. The number of halogens is 1. The zero-order valence-electron chi connectivity index (χ0n) is 14.3. The van der Waals surface area contributed by atoms with Crippen LogP contribution in [0.15, 0.2) is 36.9 Å². The summed E-state index contributed by atoms with van der Waals surface area (Å²) in [6, 6.07) is 7.24. The van der Waals surface area contributed by atoms with Crippen molar-refractivity contribution in [1.82, 2.24) is 5.32 Å². The van der Waals surface area contributed by atoms with E-state index in [-0.39, 0.29) is 30.3 Å². The number of hydrogen-bond donors (Lipinski definition) is 3. The molecule has 1 aliphatic heterocycles. The topological polar surface area (TPSA) is 62.6 Å². The number of carbonyl (C=O) groups excluding carboxylic acids is 2. The lowest BCUT2D eigenvalue weighted by atomic mass is 9.85. The van der Waals surface area contributed by atoms with Gasteiger partial charge in [-0.25, -0.2) is 0 Å². The minimum Gasteiger partial charge on any atom is -0.342 e. The van der Waals surface area contributed by atoms with Crippen LogP contribution in [0.2, 0.25) is 5.02 Å².